The van der Waals surface area contributed by atoms with Crippen molar-refractivity contribution in [3.05, 3.63) is 82.3 Å². The van der Waals surface area contributed by atoms with Crippen LogP contribution >= 0.6 is 0 Å². The van der Waals surface area contributed by atoms with Crippen molar-refractivity contribution < 1.29 is 4.74 Å². The Balaban J connectivity index is 1.62. The molecular weight excluding hydrogens is 312 g/mol. The molecule has 1 aromatic heterocycles. The van der Waals surface area contributed by atoms with Gasteiger partial charge in [0.05, 0.1) is 6.61 Å². The van der Waals surface area contributed by atoms with Gasteiger partial charge in [0.1, 0.15) is 5.60 Å². The predicted molar refractivity (Wildman–Crippen MR) is 99.6 cm³/mol. The van der Waals surface area contributed by atoms with Gasteiger partial charge < -0.3 is 9.72 Å². The molecule has 1 aliphatic heterocycles. The molecule has 0 amide bonds. The van der Waals surface area contributed by atoms with Gasteiger partial charge in [-0.1, -0.05) is 48.5 Å². The standard InChI is InChI=1S/C21H22N2O2/c1-21(17-7-3-2-4-8-17)15-23(11-12-25-21)14-16-13-22-20(24)19-10-6-5-9-18(16)19/h2-10,13H,11-12,14-15H2,1H3,(H,22,24). The van der Waals surface area contributed by atoms with Gasteiger partial charge in [-0.25, -0.2) is 0 Å². The summed E-state index contributed by atoms with van der Waals surface area (Å²) < 4.78 is 6.13. The first-order chi connectivity index (χ1) is 12.2. The Morgan fingerprint density at radius 1 is 1.08 bits per heavy atom. The highest BCUT2D eigenvalue weighted by Crippen LogP contribution is 2.30. The SMILES string of the molecule is CC1(c2ccccc2)CN(Cc2c[nH]c(=O)c3ccccc23)CCO1. The van der Waals surface area contributed by atoms with Gasteiger partial charge in [-0.15, -0.1) is 0 Å². The number of hydrogen-bond donors (Lipinski definition) is 1. The number of pyridine rings is 1. The number of fused-ring (bicyclic) bond motifs is 1. The van der Waals surface area contributed by atoms with Crippen LogP contribution < -0.4 is 5.56 Å². The molecule has 2 aromatic carbocycles. The third-order valence-corrected chi connectivity index (χ3v) is 5.03. The van der Waals surface area contributed by atoms with Crippen LogP contribution in [0.4, 0.5) is 0 Å². The Morgan fingerprint density at radius 2 is 1.80 bits per heavy atom. The zero-order valence-corrected chi connectivity index (χ0v) is 14.4. The van der Waals surface area contributed by atoms with Gasteiger partial charge in [-0.05, 0) is 29.5 Å². The Morgan fingerprint density at radius 3 is 2.60 bits per heavy atom. The van der Waals surface area contributed by atoms with Crippen molar-refractivity contribution in [2.45, 2.75) is 19.1 Å². The molecule has 128 valence electrons. The zero-order valence-electron chi connectivity index (χ0n) is 14.4. The van der Waals surface area contributed by atoms with E-state index in [9.17, 15) is 4.79 Å². The third kappa shape index (κ3) is 3.11. The topological polar surface area (TPSA) is 45.3 Å². The Bertz CT molecular complexity index is 935. The van der Waals surface area contributed by atoms with Crippen LogP contribution in [0.5, 0.6) is 0 Å². The fraction of sp³-hybridized carbons (Fsp3) is 0.286. The van der Waals surface area contributed by atoms with Crippen LogP contribution in [0.25, 0.3) is 10.8 Å². The molecule has 1 unspecified atom stereocenters. The van der Waals surface area contributed by atoms with Gasteiger partial charge in [0.15, 0.2) is 0 Å². The van der Waals surface area contributed by atoms with E-state index in [2.05, 4.69) is 41.1 Å². The summed E-state index contributed by atoms with van der Waals surface area (Å²) in [6.07, 6.45) is 1.85. The van der Waals surface area contributed by atoms with E-state index < -0.39 is 0 Å². The molecule has 1 atom stereocenters. The number of morpholine rings is 1. The zero-order chi connectivity index (χ0) is 17.3. The summed E-state index contributed by atoms with van der Waals surface area (Å²) in [5.74, 6) is 0. The lowest BCUT2D eigenvalue weighted by Crippen LogP contribution is -2.47. The van der Waals surface area contributed by atoms with Crippen LogP contribution in [-0.4, -0.2) is 29.6 Å². The Labute approximate surface area is 147 Å². The van der Waals surface area contributed by atoms with E-state index in [0.717, 1.165) is 36.0 Å². The lowest BCUT2D eigenvalue weighted by molar-refractivity contribution is -0.105. The van der Waals surface area contributed by atoms with Gasteiger partial charge in [0, 0.05) is 31.2 Å². The molecule has 4 nitrogen and oxygen atoms in total. The molecule has 1 saturated heterocycles. The summed E-state index contributed by atoms with van der Waals surface area (Å²) >= 11 is 0. The highest BCUT2D eigenvalue weighted by molar-refractivity contribution is 5.84. The second-order valence-corrected chi connectivity index (χ2v) is 6.84. The molecule has 1 N–H and O–H groups in total. The number of benzene rings is 2. The number of aromatic amines is 1. The van der Waals surface area contributed by atoms with Gasteiger partial charge in [-0.2, -0.15) is 0 Å². The highest BCUT2D eigenvalue weighted by atomic mass is 16.5. The molecule has 1 fully saturated rings. The van der Waals surface area contributed by atoms with Crippen molar-refractivity contribution in [2.24, 2.45) is 0 Å². The summed E-state index contributed by atoms with van der Waals surface area (Å²) in [4.78, 5) is 17.3. The van der Waals surface area contributed by atoms with Crippen molar-refractivity contribution in [1.29, 1.82) is 0 Å². The number of aromatic nitrogens is 1. The lowest BCUT2D eigenvalue weighted by atomic mass is 9.93. The smallest absolute Gasteiger partial charge is 0.255 e. The molecule has 0 bridgehead atoms. The fourth-order valence-electron chi connectivity index (χ4n) is 3.69. The van der Waals surface area contributed by atoms with E-state index in [1.807, 2.05) is 36.5 Å². The number of H-pyrrole nitrogens is 1. The monoisotopic (exact) mass is 334 g/mol. The van der Waals surface area contributed by atoms with E-state index in [1.54, 1.807) is 0 Å². The normalized spacial score (nSPS) is 21.5. The Hall–Kier alpha value is -2.43. The maximum absolute atomic E-state index is 12.0. The molecule has 3 aromatic rings. The first-order valence-electron chi connectivity index (χ1n) is 8.67. The number of hydrogen-bond acceptors (Lipinski definition) is 3. The molecule has 0 saturated carbocycles. The van der Waals surface area contributed by atoms with Crippen LogP contribution in [0, 0.1) is 0 Å². The second-order valence-electron chi connectivity index (χ2n) is 6.84. The summed E-state index contributed by atoms with van der Waals surface area (Å²) in [7, 11) is 0. The average molecular weight is 334 g/mol. The minimum absolute atomic E-state index is 0.0320. The molecule has 4 rings (SSSR count). The summed E-state index contributed by atoms with van der Waals surface area (Å²) in [5, 5.41) is 1.78. The van der Waals surface area contributed by atoms with E-state index in [0.29, 0.717) is 6.61 Å². The third-order valence-electron chi connectivity index (χ3n) is 5.03. The Kier molecular flexibility index (Phi) is 4.15. The van der Waals surface area contributed by atoms with Crippen LogP contribution in [0.3, 0.4) is 0 Å². The van der Waals surface area contributed by atoms with Crippen molar-refractivity contribution in [3.63, 3.8) is 0 Å². The molecule has 25 heavy (non-hydrogen) atoms. The molecule has 4 heteroatoms. The number of ether oxygens (including phenoxy) is 1. The van der Waals surface area contributed by atoms with Gasteiger partial charge in [-0.3, -0.25) is 9.69 Å². The summed E-state index contributed by atoms with van der Waals surface area (Å²) in [5.41, 5.74) is 2.01. The van der Waals surface area contributed by atoms with Gasteiger partial charge >= 0.3 is 0 Å². The number of nitrogens with zero attached hydrogens (tertiary/aromatic N) is 1. The van der Waals surface area contributed by atoms with Crippen LogP contribution in [-0.2, 0) is 16.9 Å². The van der Waals surface area contributed by atoms with Crippen molar-refractivity contribution >= 4 is 10.8 Å². The summed E-state index contributed by atoms with van der Waals surface area (Å²) in [6.45, 7) is 5.36. The average Bonchev–Trinajstić information content (AvgIpc) is 2.65. The van der Waals surface area contributed by atoms with Gasteiger partial charge in [0.2, 0.25) is 0 Å². The molecule has 0 spiro atoms. The first-order valence-corrected chi connectivity index (χ1v) is 8.67. The predicted octanol–water partition coefficient (Wildman–Crippen LogP) is 3.28. The van der Waals surface area contributed by atoms with E-state index in [4.69, 9.17) is 4.74 Å². The highest BCUT2D eigenvalue weighted by Gasteiger charge is 2.33. The van der Waals surface area contributed by atoms with Crippen molar-refractivity contribution in [1.82, 2.24) is 9.88 Å². The maximum atomic E-state index is 12.0. The molecule has 1 aliphatic rings. The molecule has 0 aliphatic carbocycles. The molecular formula is C21H22N2O2. The minimum atomic E-state index is -0.308. The van der Waals surface area contributed by atoms with E-state index >= 15 is 0 Å². The number of rotatable bonds is 3. The minimum Gasteiger partial charge on any atom is -0.368 e. The molecule has 0 radical (unpaired) electrons. The second kappa shape index (κ2) is 6.47. The van der Waals surface area contributed by atoms with Gasteiger partial charge in [0.25, 0.3) is 5.56 Å². The van der Waals surface area contributed by atoms with E-state index in [-0.39, 0.29) is 11.2 Å². The molecule has 2 heterocycles. The maximum Gasteiger partial charge on any atom is 0.255 e. The summed E-state index contributed by atoms with van der Waals surface area (Å²) in [6, 6.07) is 18.2. The quantitative estimate of drug-likeness (QED) is 0.799. The lowest BCUT2D eigenvalue weighted by Gasteiger charge is -2.41. The van der Waals surface area contributed by atoms with Crippen molar-refractivity contribution in [2.75, 3.05) is 19.7 Å². The first kappa shape index (κ1) is 16.1. The van der Waals surface area contributed by atoms with E-state index in [1.165, 1.54) is 5.56 Å². The van der Waals surface area contributed by atoms with Crippen LogP contribution in [0.1, 0.15) is 18.1 Å². The van der Waals surface area contributed by atoms with Crippen LogP contribution in [0.15, 0.2) is 65.6 Å². The fourth-order valence-corrected chi connectivity index (χ4v) is 3.69. The number of nitrogens with one attached hydrogen (secondary N) is 1. The van der Waals surface area contributed by atoms with Crippen molar-refractivity contribution in [3.8, 4) is 0 Å². The van der Waals surface area contributed by atoms with Crippen LogP contribution in [0.2, 0.25) is 0 Å². The largest absolute Gasteiger partial charge is 0.368 e.